The fourth-order valence-electron chi connectivity index (χ4n) is 2.54. The van der Waals surface area contributed by atoms with Gasteiger partial charge in [0.1, 0.15) is 0 Å². The number of ether oxygens (including phenoxy) is 1. The van der Waals surface area contributed by atoms with E-state index in [9.17, 15) is 9.59 Å². The van der Waals surface area contributed by atoms with Gasteiger partial charge >= 0.3 is 5.97 Å². The Hall–Kier alpha value is -1.10. The molecule has 0 unspecified atom stereocenters. The highest BCUT2D eigenvalue weighted by Crippen LogP contribution is 2.38. The normalized spacial score (nSPS) is 26.8. The first kappa shape index (κ1) is 16.0. The van der Waals surface area contributed by atoms with Gasteiger partial charge in [0.2, 0.25) is 5.91 Å². The summed E-state index contributed by atoms with van der Waals surface area (Å²) in [5.41, 5.74) is 5.38. The molecule has 0 aromatic rings. The van der Waals surface area contributed by atoms with Crippen LogP contribution in [-0.4, -0.2) is 31.6 Å². The van der Waals surface area contributed by atoms with Gasteiger partial charge in [-0.15, -0.1) is 0 Å². The molecule has 5 heteroatoms. The second-order valence-electron chi connectivity index (χ2n) is 5.48. The molecule has 0 atom stereocenters. The van der Waals surface area contributed by atoms with E-state index in [1.54, 1.807) is 6.92 Å². The van der Waals surface area contributed by atoms with Crippen molar-refractivity contribution in [2.75, 3.05) is 19.7 Å². The average Bonchev–Trinajstić information content (AvgIpc) is 2.40. The summed E-state index contributed by atoms with van der Waals surface area (Å²) in [6.07, 6.45) is 3.99. The molecule has 0 aromatic heterocycles. The largest absolute Gasteiger partial charge is 0.466 e. The van der Waals surface area contributed by atoms with E-state index in [1.807, 2.05) is 0 Å². The Morgan fingerprint density at radius 3 is 2.53 bits per heavy atom. The van der Waals surface area contributed by atoms with Gasteiger partial charge in [0.15, 0.2) is 0 Å². The second-order valence-corrected chi connectivity index (χ2v) is 5.48. The maximum absolute atomic E-state index is 12.3. The standard InChI is InChI=1S/C14H26N2O3/c1-3-19-12(17)6-9-16-13(18)14(10-15)7-4-11(2)5-8-14/h11H,3-10,15H2,1-2H3,(H,16,18). The molecule has 1 rings (SSSR count). The van der Waals surface area contributed by atoms with Gasteiger partial charge < -0.3 is 15.8 Å². The third kappa shape index (κ3) is 4.49. The van der Waals surface area contributed by atoms with Crippen molar-refractivity contribution >= 4 is 11.9 Å². The van der Waals surface area contributed by atoms with Crippen LogP contribution >= 0.6 is 0 Å². The molecule has 110 valence electrons. The molecule has 1 amide bonds. The van der Waals surface area contributed by atoms with Crippen LogP contribution in [0.2, 0.25) is 0 Å². The van der Waals surface area contributed by atoms with Crippen molar-refractivity contribution in [3.05, 3.63) is 0 Å². The van der Waals surface area contributed by atoms with Crippen LogP contribution in [0.15, 0.2) is 0 Å². The van der Waals surface area contributed by atoms with E-state index in [0.717, 1.165) is 25.7 Å². The van der Waals surface area contributed by atoms with Gasteiger partial charge in [-0.25, -0.2) is 0 Å². The van der Waals surface area contributed by atoms with Crippen LogP contribution in [0.4, 0.5) is 0 Å². The monoisotopic (exact) mass is 270 g/mol. The Labute approximate surface area is 115 Å². The lowest BCUT2D eigenvalue weighted by Gasteiger charge is -2.37. The maximum atomic E-state index is 12.3. The van der Waals surface area contributed by atoms with Gasteiger partial charge in [-0.1, -0.05) is 6.92 Å². The van der Waals surface area contributed by atoms with Crippen molar-refractivity contribution in [1.82, 2.24) is 5.32 Å². The molecule has 19 heavy (non-hydrogen) atoms. The molecule has 1 fully saturated rings. The highest BCUT2D eigenvalue weighted by Gasteiger charge is 2.39. The highest BCUT2D eigenvalue weighted by atomic mass is 16.5. The number of amides is 1. The number of carbonyl (C=O) groups is 2. The zero-order chi connectivity index (χ0) is 14.3. The van der Waals surface area contributed by atoms with Gasteiger partial charge in [-0.2, -0.15) is 0 Å². The number of esters is 1. The zero-order valence-corrected chi connectivity index (χ0v) is 12.0. The Kier molecular flexibility index (Phi) is 6.28. The molecule has 0 radical (unpaired) electrons. The van der Waals surface area contributed by atoms with Crippen LogP contribution in [0.25, 0.3) is 0 Å². The average molecular weight is 270 g/mol. The minimum absolute atomic E-state index is 0.00815. The Morgan fingerprint density at radius 2 is 2.00 bits per heavy atom. The summed E-state index contributed by atoms with van der Waals surface area (Å²) in [4.78, 5) is 23.4. The Morgan fingerprint density at radius 1 is 1.37 bits per heavy atom. The Bertz CT molecular complexity index is 310. The minimum atomic E-state index is -0.429. The molecule has 0 aliphatic heterocycles. The SMILES string of the molecule is CCOC(=O)CCNC(=O)C1(CN)CCC(C)CC1. The van der Waals surface area contributed by atoms with Crippen molar-refractivity contribution in [2.24, 2.45) is 17.1 Å². The first-order valence-corrected chi connectivity index (χ1v) is 7.18. The molecule has 3 N–H and O–H groups in total. The first-order valence-electron chi connectivity index (χ1n) is 7.18. The summed E-state index contributed by atoms with van der Waals surface area (Å²) in [5, 5.41) is 2.83. The van der Waals surface area contributed by atoms with E-state index in [1.165, 1.54) is 0 Å². The summed E-state index contributed by atoms with van der Waals surface area (Å²) in [5.74, 6) is 0.389. The number of hydrogen-bond acceptors (Lipinski definition) is 4. The summed E-state index contributed by atoms with van der Waals surface area (Å²) >= 11 is 0. The lowest BCUT2D eigenvalue weighted by molar-refractivity contribution is -0.143. The first-order chi connectivity index (χ1) is 9.04. The van der Waals surface area contributed by atoms with Gasteiger partial charge in [0.25, 0.3) is 0 Å². The van der Waals surface area contributed by atoms with Crippen molar-refractivity contribution in [3.8, 4) is 0 Å². The van der Waals surface area contributed by atoms with E-state index < -0.39 is 5.41 Å². The smallest absolute Gasteiger partial charge is 0.307 e. The second kappa shape index (κ2) is 7.48. The fraction of sp³-hybridized carbons (Fsp3) is 0.857. The predicted molar refractivity (Wildman–Crippen MR) is 73.4 cm³/mol. The number of nitrogens with two attached hydrogens (primary N) is 1. The molecule has 1 aliphatic rings. The predicted octanol–water partition coefficient (Wildman–Crippen LogP) is 1.21. The number of carbonyl (C=O) groups excluding carboxylic acids is 2. The maximum Gasteiger partial charge on any atom is 0.307 e. The van der Waals surface area contributed by atoms with Gasteiger partial charge in [-0.3, -0.25) is 9.59 Å². The topological polar surface area (TPSA) is 81.4 Å². The number of nitrogens with one attached hydrogen (secondary N) is 1. The summed E-state index contributed by atoms with van der Waals surface area (Å²) in [6, 6.07) is 0. The summed E-state index contributed by atoms with van der Waals surface area (Å²) < 4.78 is 4.82. The zero-order valence-electron chi connectivity index (χ0n) is 12.0. The summed E-state index contributed by atoms with van der Waals surface area (Å²) in [7, 11) is 0. The van der Waals surface area contributed by atoms with Crippen LogP contribution in [0.1, 0.15) is 46.0 Å². The Balaban J connectivity index is 2.40. The van der Waals surface area contributed by atoms with E-state index in [2.05, 4.69) is 12.2 Å². The molecule has 0 heterocycles. The van der Waals surface area contributed by atoms with Gasteiger partial charge in [0.05, 0.1) is 18.4 Å². The lowest BCUT2D eigenvalue weighted by atomic mass is 9.70. The summed E-state index contributed by atoms with van der Waals surface area (Å²) in [6.45, 7) is 5.06. The molecule has 0 saturated heterocycles. The van der Waals surface area contributed by atoms with Crippen LogP contribution in [-0.2, 0) is 14.3 Å². The van der Waals surface area contributed by atoms with Gasteiger partial charge in [-0.05, 0) is 38.5 Å². The number of hydrogen-bond donors (Lipinski definition) is 2. The molecule has 0 spiro atoms. The van der Waals surface area contributed by atoms with Crippen LogP contribution in [0.3, 0.4) is 0 Å². The van der Waals surface area contributed by atoms with E-state index in [4.69, 9.17) is 10.5 Å². The number of rotatable bonds is 6. The van der Waals surface area contributed by atoms with Crippen LogP contribution in [0.5, 0.6) is 0 Å². The van der Waals surface area contributed by atoms with E-state index >= 15 is 0 Å². The highest BCUT2D eigenvalue weighted by molar-refractivity contribution is 5.83. The molecular formula is C14H26N2O3. The van der Waals surface area contributed by atoms with Gasteiger partial charge in [0, 0.05) is 13.1 Å². The quantitative estimate of drug-likeness (QED) is 0.711. The molecule has 5 nitrogen and oxygen atoms in total. The van der Waals surface area contributed by atoms with Crippen LogP contribution < -0.4 is 11.1 Å². The van der Waals surface area contributed by atoms with Crippen molar-refractivity contribution < 1.29 is 14.3 Å². The molecule has 0 bridgehead atoms. The van der Waals surface area contributed by atoms with Crippen molar-refractivity contribution in [1.29, 1.82) is 0 Å². The van der Waals surface area contributed by atoms with E-state index in [-0.39, 0.29) is 18.3 Å². The molecule has 0 aromatic carbocycles. The fourth-order valence-corrected chi connectivity index (χ4v) is 2.54. The molecule has 1 saturated carbocycles. The molecular weight excluding hydrogens is 244 g/mol. The lowest BCUT2D eigenvalue weighted by Crippen LogP contribution is -2.48. The third-order valence-electron chi connectivity index (χ3n) is 4.02. The third-order valence-corrected chi connectivity index (χ3v) is 4.02. The van der Waals surface area contributed by atoms with Crippen molar-refractivity contribution in [3.63, 3.8) is 0 Å². The molecule has 1 aliphatic carbocycles. The van der Waals surface area contributed by atoms with Crippen LogP contribution in [0, 0.1) is 11.3 Å². The minimum Gasteiger partial charge on any atom is -0.466 e. The van der Waals surface area contributed by atoms with Crippen molar-refractivity contribution in [2.45, 2.75) is 46.0 Å². The van der Waals surface area contributed by atoms with E-state index in [0.29, 0.717) is 25.6 Å².